The number of rotatable bonds is 6. The summed E-state index contributed by atoms with van der Waals surface area (Å²) in [6.07, 6.45) is 1.29. The Morgan fingerprint density at radius 2 is 2.00 bits per heavy atom. The summed E-state index contributed by atoms with van der Waals surface area (Å²) in [6.45, 7) is 6.09. The van der Waals surface area contributed by atoms with Gasteiger partial charge in [-0.05, 0) is 29.9 Å². The van der Waals surface area contributed by atoms with Gasteiger partial charge in [-0.25, -0.2) is 4.39 Å². The number of amides is 1. The molecule has 20 heavy (non-hydrogen) atoms. The topological polar surface area (TPSA) is 49.3 Å². The molecular formula is C16H24FNO2. The Kier molecular flexibility index (Phi) is 6.14. The Labute approximate surface area is 120 Å². The lowest BCUT2D eigenvalue weighted by molar-refractivity contribution is -0.122. The summed E-state index contributed by atoms with van der Waals surface area (Å²) in [4.78, 5) is 11.8. The molecule has 1 rings (SSSR count). The molecule has 0 bridgehead atoms. The molecule has 0 aliphatic heterocycles. The molecule has 0 saturated carbocycles. The number of nitrogens with one attached hydrogen (secondary N) is 1. The number of aryl methyl sites for hydroxylation is 1. The third kappa shape index (κ3) is 6.15. The Bertz CT molecular complexity index is 440. The van der Waals surface area contributed by atoms with Gasteiger partial charge >= 0.3 is 0 Å². The highest BCUT2D eigenvalue weighted by Crippen LogP contribution is 2.20. The van der Waals surface area contributed by atoms with Crippen LogP contribution in [0.25, 0.3) is 0 Å². The van der Waals surface area contributed by atoms with E-state index in [0.717, 1.165) is 0 Å². The molecule has 1 amide bonds. The average Bonchev–Trinajstić information content (AvgIpc) is 2.35. The number of hydrogen-bond donors (Lipinski definition) is 2. The van der Waals surface area contributed by atoms with E-state index in [1.165, 1.54) is 6.07 Å². The van der Waals surface area contributed by atoms with Gasteiger partial charge in [0.05, 0.1) is 12.6 Å². The van der Waals surface area contributed by atoms with Gasteiger partial charge in [0.15, 0.2) is 0 Å². The number of carbonyl (C=O) groups is 1. The van der Waals surface area contributed by atoms with Crippen LogP contribution in [0.5, 0.6) is 0 Å². The van der Waals surface area contributed by atoms with E-state index in [9.17, 15) is 14.3 Å². The van der Waals surface area contributed by atoms with E-state index in [2.05, 4.69) is 26.1 Å². The molecule has 1 aromatic carbocycles. The molecule has 1 unspecified atom stereocenters. The molecule has 1 atom stereocenters. The SMILES string of the molecule is CC(C)(C)CC(CO)NC(=O)CCc1ccccc1F. The first-order valence-electron chi connectivity index (χ1n) is 6.95. The number of aliphatic hydroxyl groups excluding tert-OH is 1. The van der Waals surface area contributed by atoms with Crippen molar-refractivity contribution in [3.8, 4) is 0 Å². The van der Waals surface area contributed by atoms with E-state index < -0.39 is 0 Å². The van der Waals surface area contributed by atoms with Crippen molar-refractivity contribution < 1.29 is 14.3 Å². The van der Waals surface area contributed by atoms with Crippen molar-refractivity contribution in [1.29, 1.82) is 0 Å². The maximum absolute atomic E-state index is 13.4. The van der Waals surface area contributed by atoms with Crippen molar-refractivity contribution in [2.75, 3.05) is 6.61 Å². The monoisotopic (exact) mass is 281 g/mol. The molecule has 0 spiro atoms. The summed E-state index contributed by atoms with van der Waals surface area (Å²) in [5.41, 5.74) is 0.575. The maximum Gasteiger partial charge on any atom is 0.220 e. The lowest BCUT2D eigenvalue weighted by Gasteiger charge is -2.25. The molecule has 2 N–H and O–H groups in total. The van der Waals surface area contributed by atoms with E-state index >= 15 is 0 Å². The van der Waals surface area contributed by atoms with Crippen molar-refractivity contribution in [3.05, 3.63) is 35.6 Å². The van der Waals surface area contributed by atoms with Crippen LogP contribution in [0.15, 0.2) is 24.3 Å². The fourth-order valence-electron chi connectivity index (χ4n) is 2.15. The highest BCUT2D eigenvalue weighted by Gasteiger charge is 2.19. The largest absolute Gasteiger partial charge is 0.394 e. The van der Waals surface area contributed by atoms with Gasteiger partial charge in [0.25, 0.3) is 0 Å². The Balaban J connectivity index is 2.45. The van der Waals surface area contributed by atoms with Crippen LogP contribution in [0.1, 0.15) is 39.2 Å². The van der Waals surface area contributed by atoms with Gasteiger partial charge in [0.2, 0.25) is 5.91 Å². The molecule has 0 aromatic heterocycles. The summed E-state index contributed by atoms with van der Waals surface area (Å²) in [5.74, 6) is -0.440. The van der Waals surface area contributed by atoms with Crippen LogP contribution in [0.3, 0.4) is 0 Å². The van der Waals surface area contributed by atoms with E-state index in [1.54, 1.807) is 18.2 Å². The van der Waals surface area contributed by atoms with Crippen LogP contribution in [0.4, 0.5) is 4.39 Å². The maximum atomic E-state index is 13.4. The third-order valence-corrected chi connectivity index (χ3v) is 3.02. The first kappa shape index (κ1) is 16.6. The van der Waals surface area contributed by atoms with Gasteiger partial charge in [-0.3, -0.25) is 4.79 Å². The summed E-state index contributed by atoms with van der Waals surface area (Å²) in [6, 6.07) is 6.21. The highest BCUT2D eigenvalue weighted by molar-refractivity contribution is 5.76. The predicted molar refractivity (Wildman–Crippen MR) is 77.8 cm³/mol. The zero-order valence-corrected chi connectivity index (χ0v) is 12.4. The molecule has 0 fully saturated rings. The molecule has 0 aliphatic carbocycles. The standard InChI is InChI=1S/C16H24FNO2/c1-16(2,3)10-13(11-19)18-15(20)9-8-12-6-4-5-7-14(12)17/h4-7,13,19H,8-11H2,1-3H3,(H,18,20). The van der Waals surface area contributed by atoms with Gasteiger partial charge in [-0.2, -0.15) is 0 Å². The molecule has 0 aliphatic rings. The third-order valence-electron chi connectivity index (χ3n) is 3.02. The highest BCUT2D eigenvalue weighted by atomic mass is 19.1. The van der Waals surface area contributed by atoms with Gasteiger partial charge in [-0.1, -0.05) is 39.0 Å². The second-order valence-electron chi connectivity index (χ2n) is 6.30. The molecule has 112 valence electrons. The number of carbonyl (C=O) groups excluding carboxylic acids is 1. The average molecular weight is 281 g/mol. The summed E-state index contributed by atoms with van der Waals surface area (Å²) in [5, 5.41) is 12.1. The number of aliphatic hydroxyl groups is 1. The fraction of sp³-hybridized carbons (Fsp3) is 0.562. The van der Waals surface area contributed by atoms with Crippen molar-refractivity contribution in [1.82, 2.24) is 5.32 Å². The van der Waals surface area contributed by atoms with E-state index in [-0.39, 0.29) is 36.2 Å². The summed E-state index contributed by atoms with van der Waals surface area (Å²) >= 11 is 0. The number of halogens is 1. The van der Waals surface area contributed by atoms with Crippen LogP contribution in [0.2, 0.25) is 0 Å². The van der Waals surface area contributed by atoms with Crippen LogP contribution >= 0.6 is 0 Å². The predicted octanol–water partition coefficient (Wildman–Crippen LogP) is 2.67. The van der Waals surface area contributed by atoms with Crippen LogP contribution in [-0.4, -0.2) is 23.7 Å². The van der Waals surface area contributed by atoms with Crippen LogP contribution in [-0.2, 0) is 11.2 Å². The zero-order chi connectivity index (χ0) is 15.2. The lowest BCUT2D eigenvalue weighted by atomic mass is 9.88. The molecule has 3 nitrogen and oxygen atoms in total. The van der Waals surface area contributed by atoms with Gasteiger partial charge < -0.3 is 10.4 Å². The fourth-order valence-corrected chi connectivity index (χ4v) is 2.15. The minimum atomic E-state index is -0.284. The number of hydrogen-bond acceptors (Lipinski definition) is 2. The van der Waals surface area contributed by atoms with Crippen molar-refractivity contribution in [3.63, 3.8) is 0 Å². The summed E-state index contributed by atoms with van der Waals surface area (Å²) < 4.78 is 13.4. The quantitative estimate of drug-likeness (QED) is 0.842. The zero-order valence-electron chi connectivity index (χ0n) is 12.4. The molecule has 4 heteroatoms. The van der Waals surface area contributed by atoms with Crippen LogP contribution in [0, 0.1) is 11.2 Å². The smallest absolute Gasteiger partial charge is 0.220 e. The first-order valence-corrected chi connectivity index (χ1v) is 6.95. The molecule has 0 radical (unpaired) electrons. The van der Waals surface area contributed by atoms with Gasteiger partial charge in [0.1, 0.15) is 5.82 Å². The first-order chi connectivity index (χ1) is 9.31. The molecule has 0 heterocycles. The number of benzene rings is 1. The van der Waals surface area contributed by atoms with Gasteiger partial charge in [0, 0.05) is 6.42 Å². The molecule has 1 aromatic rings. The molecular weight excluding hydrogens is 257 g/mol. The minimum absolute atomic E-state index is 0.0339. The van der Waals surface area contributed by atoms with Crippen molar-refractivity contribution in [2.24, 2.45) is 5.41 Å². The second kappa shape index (κ2) is 7.39. The van der Waals surface area contributed by atoms with E-state index in [0.29, 0.717) is 18.4 Å². The second-order valence-corrected chi connectivity index (χ2v) is 6.30. The normalized spacial score (nSPS) is 13.1. The Morgan fingerprint density at radius 3 is 2.55 bits per heavy atom. The molecule has 0 saturated heterocycles. The minimum Gasteiger partial charge on any atom is -0.394 e. The van der Waals surface area contributed by atoms with Crippen LogP contribution < -0.4 is 5.32 Å². The summed E-state index contributed by atoms with van der Waals surface area (Å²) in [7, 11) is 0. The Hall–Kier alpha value is -1.42. The van der Waals surface area contributed by atoms with E-state index in [1.807, 2.05) is 0 Å². The van der Waals surface area contributed by atoms with Crippen molar-refractivity contribution in [2.45, 2.75) is 46.1 Å². The van der Waals surface area contributed by atoms with E-state index in [4.69, 9.17) is 0 Å². The Morgan fingerprint density at radius 1 is 1.35 bits per heavy atom. The van der Waals surface area contributed by atoms with Gasteiger partial charge in [-0.15, -0.1) is 0 Å². The lowest BCUT2D eigenvalue weighted by Crippen LogP contribution is -2.40. The van der Waals surface area contributed by atoms with Crippen molar-refractivity contribution >= 4 is 5.91 Å².